The number of hydrogen-bond donors (Lipinski definition) is 1. The average molecular weight is 319 g/mol. The lowest BCUT2D eigenvalue weighted by Gasteiger charge is -2.26. The number of fused-ring (bicyclic) bond motifs is 1. The van der Waals surface area contributed by atoms with Crippen LogP contribution in [0.2, 0.25) is 0 Å². The van der Waals surface area contributed by atoms with Crippen LogP contribution >= 0.6 is 0 Å². The maximum Gasteiger partial charge on any atom is 0.222 e. The van der Waals surface area contributed by atoms with Gasteiger partial charge in [-0.3, -0.25) is 19.2 Å². The summed E-state index contributed by atoms with van der Waals surface area (Å²) in [7, 11) is 0. The molecule has 1 fully saturated rings. The summed E-state index contributed by atoms with van der Waals surface area (Å²) in [4.78, 5) is 27.2. The Morgan fingerprint density at radius 3 is 2.65 bits per heavy atom. The van der Waals surface area contributed by atoms with Crippen LogP contribution in [0.1, 0.15) is 37.1 Å². The van der Waals surface area contributed by atoms with Gasteiger partial charge in [0.25, 0.3) is 0 Å². The van der Waals surface area contributed by atoms with Gasteiger partial charge in [-0.15, -0.1) is 0 Å². The van der Waals surface area contributed by atoms with Crippen molar-refractivity contribution in [1.82, 2.24) is 19.6 Å². The van der Waals surface area contributed by atoms with Crippen LogP contribution in [0, 0.1) is 0 Å². The van der Waals surface area contributed by atoms with Gasteiger partial charge in [-0.25, -0.2) is 0 Å². The Bertz CT molecular complexity index is 577. The third-order valence-electron chi connectivity index (χ3n) is 4.66. The minimum absolute atomic E-state index is 0.247. The van der Waals surface area contributed by atoms with Gasteiger partial charge >= 0.3 is 0 Å². The minimum Gasteiger partial charge on any atom is -0.370 e. The minimum atomic E-state index is -0.259. The lowest BCUT2D eigenvalue weighted by atomic mass is 10.2. The second kappa shape index (κ2) is 7.12. The van der Waals surface area contributed by atoms with E-state index < -0.39 is 0 Å². The zero-order chi connectivity index (χ0) is 16.2. The molecular weight excluding hydrogens is 294 g/mol. The summed E-state index contributed by atoms with van der Waals surface area (Å²) >= 11 is 0. The van der Waals surface area contributed by atoms with Gasteiger partial charge in [0.1, 0.15) is 0 Å². The second-order valence-electron chi connectivity index (χ2n) is 6.43. The summed E-state index contributed by atoms with van der Waals surface area (Å²) in [5.74, 6) is -0.0123. The summed E-state index contributed by atoms with van der Waals surface area (Å²) in [6.45, 7) is 5.02. The first-order chi connectivity index (χ1) is 11.1. The van der Waals surface area contributed by atoms with Gasteiger partial charge in [0.15, 0.2) is 0 Å². The van der Waals surface area contributed by atoms with Gasteiger partial charge in [-0.05, 0) is 18.9 Å². The van der Waals surface area contributed by atoms with Gasteiger partial charge in [0.05, 0.1) is 17.9 Å². The van der Waals surface area contributed by atoms with Crippen LogP contribution < -0.4 is 5.73 Å². The lowest BCUT2D eigenvalue weighted by molar-refractivity contribution is -0.130. The molecule has 1 aromatic rings. The summed E-state index contributed by atoms with van der Waals surface area (Å²) in [6, 6.07) is 2.09. The maximum atomic E-state index is 12.1. The van der Waals surface area contributed by atoms with E-state index >= 15 is 0 Å². The summed E-state index contributed by atoms with van der Waals surface area (Å²) in [5.41, 5.74) is 7.36. The van der Waals surface area contributed by atoms with E-state index in [1.54, 1.807) is 0 Å². The van der Waals surface area contributed by atoms with Crippen molar-refractivity contribution in [2.45, 2.75) is 45.2 Å². The number of likely N-dealkylation sites (tertiary alicyclic amines) is 1. The molecule has 0 aromatic carbocycles. The summed E-state index contributed by atoms with van der Waals surface area (Å²) in [6.07, 6.45) is 3.90. The number of nitrogens with zero attached hydrogens (tertiary/aromatic N) is 4. The monoisotopic (exact) mass is 319 g/mol. The number of aromatic nitrogens is 2. The molecule has 0 atom stereocenters. The van der Waals surface area contributed by atoms with Crippen LogP contribution in [0.4, 0.5) is 0 Å². The van der Waals surface area contributed by atoms with E-state index in [2.05, 4.69) is 16.1 Å². The smallest absolute Gasteiger partial charge is 0.222 e. The molecule has 0 unspecified atom stereocenters. The van der Waals surface area contributed by atoms with Gasteiger partial charge in [-0.2, -0.15) is 5.10 Å². The normalized spacial score (nSPS) is 18.2. The molecule has 2 aliphatic heterocycles. The van der Waals surface area contributed by atoms with E-state index in [1.807, 2.05) is 9.58 Å². The van der Waals surface area contributed by atoms with Gasteiger partial charge in [-0.1, -0.05) is 0 Å². The zero-order valence-electron chi connectivity index (χ0n) is 13.5. The number of rotatable bonds is 6. The zero-order valence-corrected chi connectivity index (χ0v) is 13.5. The predicted molar refractivity (Wildman–Crippen MR) is 85.5 cm³/mol. The van der Waals surface area contributed by atoms with Crippen molar-refractivity contribution in [3.05, 3.63) is 17.5 Å². The highest BCUT2D eigenvalue weighted by Crippen LogP contribution is 2.16. The third-order valence-corrected chi connectivity index (χ3v) is 4.66. The largest absolute Gasteiger partial charge is 0.370 e. The Balaban J connectivity index is 1.51. The van der Waals surface area contributed by atoms with Crippen molar-refractivity contribution >= 4 is 11.8 Å². The van der Waals surface area contributed by atoms with Crippen LogP contribution in [-0.4, -0.2) is 57.6 Å². The highest BCUT2D eigenvalue weighted by molar-refractivity contribution is 5.76. The molecule has 1 saturated heterocycles. The van der Waals surface area contributed by atoms with Crippen LogP contribution in [-0.2, 0) is 29.1 Å². The van der Waals surface area contributed by atoms with E-state index in [0.717, 1.165) is 57.0 Å². The Kier molecular flexibility index (Phi) is 4.95. The molecule has 0 bridgehead atoms. The molecule has 7 nitrogen and oxygen atoms in total. The predicted octanol–water partition coefficient (Wildman–Crippen LogP) is 0.129. The van der Waals surface area contributed by atoms with Crippen molar-refractivity contribution < 1.29 is 9.59 Å². The molecular formula is C16H25N5O2. The molecule has 23 heavy (non-hydrogen) atoms. The van der Waals surface area contributed by atoms with E-state index in [1.165, 1.54) is 0 Å². The Labute approximate surface area is 136 Å². The number of carbonyl (C=O) groups is 2. The second-order valence-corrected chi connectivity index (χ2v) is 6.43. The van der Waals surface area contributed by atoms with Crippen LogP contribution in [0.25, 0.3) is 0 Å². The molecule has 3 rings (SSSR count). The molecule has 0 saturated carbocycles. The first-order valence-corrected chi connectivity index (χ1v) is 8.46. The molecule has 2 aliphatic rings. The number of carbonyl (C=O) groups excluding carboxylic acids is 2. The van der Waals surface area contributed by atoms with Gasteiger partial charge in [0, 0.05) is 52.0 Å². The molecule has 0 radical (unpaired) electrons. The molecule has 0 spiro atoms. The fourth-order valence-electron chi connectivity index (χ4n) is 3.32. The molecule has 126 valence electrons. The molecule has 3 heterocycles. The van der Waals surface area contributed by atoms with Crippen molar-refractivity contribution in [1.29, 1.82) is 0 Å². The quantitative estimate of drug-likeness (QED) is 0.808. The number of nitrogens with two attached hydrogens (primary N) is 1. The SMILES string of the molecule is NC(=O)CCN1CCn2nc(CCC(=O)N3CCCC3)cc2C1. The third kappa shape index (κ3) is 4.10. The molecule has 0 aliphatic carbocycles. The Morgan fingerprint density at radius 1 is 1.13 bits per heavy atom. The van der Waals surface area contributed by atoms with E-state index in [4.69, 9.17) is 5.73 Å². The van der Waals surface area contributed by atoms with E-state index in [0.29, 0.717) is 25.8 Å². The van der Waals surface area contributed by atoms with E-state index in [-0.39, 0.29) is 11.8 Å². The fraction of sp³-hybridized carbons (Fsp3) is 0.688. The van der Waals surface area contributed by atoms with Crippen LogP contribution in [0.15, 0.2) is 6.07 Å². The van der Waals surface area contributed by atoms with Gasteiger partial charge in [0.2, 0.25) is 11.8 Å². The lowest BCUT2D eigenvalue weighted by Crippen LogP contribution is -2.35. The summed E-state index contributed by atoms with van der Waals surface area (Å²) < 4.78 is 2.02. The maximum absolute atomic E-state index is 12.1. The summed E-state index contributed by atoms with van der Waals surface area (Å²) in [5, 5.41) is 4.61. The fourth-order valence-corrected chi connectivity index (χ4v) is 3.32. The number of amides is 2. The first kappa shape index (κ1) is 16.0. The molecule has 1 aromatic heterocycles. The number of primary amides is 1. The number of hydrogen-bond acceptors (Lipinski definition) is 4. The highest BCUT2D eigenvalue weighted by atomic mass is 16.2. The van der Waals surface area contributed by atoms with Crippen molar-refractivity contribution in [3.63, 3.8) is 0 Å². The van der Waals surface area contributed by atoms with Gasteiger partial charge < -0.3 is 10.6 Å². The van der Waals surface area contributed by atoms with Crippen LogP contribution in [0.3, 0.4) is 0 Å². The first-order valence-electron chi connectivity index (χ1n) is 8.46. The molecule has 2 amide bonds. The molecule has 2 N–H and O–H groups in total. The highest BCUT2D eigenvalue weighted by Gasteiger charge is 2.20. The van der Waals surface area contributed by atoms with Crippen molar-refractivity contribution in [3.8, 4) is 0 Å². The average Bonchev–Trinajstić information content (AvgIpc) is 3.19. The Morgan fingerprint density at radius 2 is 1.91 bits per heavy atom. The standard InChI is InChI=1S/C16H25N5O2/c17-15(22)5-8-19-9-10-21-14(12-19)11-13(18-21)3-4-16(23)20-6-1-2-7-20/h11H,1-10,12H2,(H2,17,22). The van der Waals surface area contributed by atoms with Crippen molar-refractivity contribution in [2.75, 3.05) is 26.2 Å². The molecule has 7 heteroatoms. The Hall–Kier alpha value is -1.89. The van der Waals surface area contributed by atoms with Crippen molar-refractivity contribution in [2.24, 2.45) is 5.73 Å². The number of aryl methyl sites for hydroxylation is 1. The topological polar surface area (TPSA) is 84.5 Å². The van der Waals surface area contributed by atoms with E-state index in [9.17, 15) is 9.59 Å². The van der Waals surface area contributed by atoms with Crippen LogP contribution in [0.5, 0.6) is 0 Å².